The lowest BCUT2D eigenvalue weighted by molar-refractivity contribution is 0.348. The van der Waals surface area contributed by atoms with Gasteiger partial charge in [-0.3, -0.25) is 0 Å². The number of nitrogens with zero attached hydrogens (tertiary/aromatic N) is 2. The maximum Gasteiger partial charge on any atom is 0.231 e. The summed E-state index contributed by atoms with van der Waals surface area (Å²) < 4.78 is 18.2. The van der Waals surface area contributed by atoms with Crippen LogP contribution in [-0.2, 0) is 5.75 Å². The highest BCUT2D eigenvalue weighted by Crippen LogP contribution is 2.23. The first kappa shape index (κ1) is 14.0. The van der Waals surface area contributed by atoms with Crippen molar-refractivity contribution in [3.8, 4) is 0 Å². The van der Waals surface area contributed by atoms with Gasteiger partial charge in [0.1, 0.15) is 5.82 Å². The third-order valence-corrected chi connectivity index (χ3v) is 3.76. The average Bonchev–Trinajstić information content (AvgIpc) is 2.87. The van der Waals surface area contributed by atoms with E-state index in [1.165, 1.54) is 23.9 Å². The molecule has 0 aliphatic carbocycles. The van der Waals surface area contributed by atoms with Gasteiger partial charge in [0.15, 0.2) is 5.82 Å². The molecule has 0 saturated heterocycles. The molecule has 0 aliphatic heterocycles. The molecule has 0 radical (unpaired) electrons. The van der Waals surface area contributed by atoms with Gasteiger partial charge in [0.2, 0.25) is 5.89 Å². The second kappa shape index (κ2) is 6.68. The predicted molar refractivity (Wildman–Crippen MR) is 72.3 cm³/mol. The van der Waals surface area contributed by atoms with Crippen molar-refractivity contribution >= 4 is 11.8 Å². The van der Waals surface area contributed by atoms with Crippen molar-refractivity contribution < 1.29 is 8.91 Å². The zero-order valence-electron chi connectivity index (χ0n) is 10.7. The third kappa shape index (κ3) is 3.78. The summed E-state index contributed by atoms with van der Waals surface area (Å²) >= 11 is 1.47. The molecule has 102 valence electrons. The molecule has 6 heteroatoms. The molecule has 1 heterocycles. The van der Waals surface area contributed by atoms with Crippen LogP contribution in [0.2, 0.25) is 0 Å². The number of hydrogen-bond acceptors (Lipinski definition) is 5. The molecule has 1 aromatic carbocycles. The Bertz CT molecular complexity index is 528. The Labute approximate surface area is 115 Å². The van der Waals surface area contributed by atoms with Gasteiger partial charge in [-0.25, -0.2) is 4.39 Å². The van der Waals surface area contributed by atoms with Crippen LogP contribution in [0.3, 0.4) is 0 Å². The first-order valence-corrected chi connectivity index (χ1v) is 7.12. The van der Waals surface area contributed by atoms with E-state index in [9.17, 15) is 4.39 Å². The predicted octanol–water partition coefficient (Wildman–Crippen LogP) is 2.95. The van der Waals surface area contributed by atoms with Gasteiger partial charge in [-0.15, -0.1) is 11.8 Å². The summed E-state index contributed by atoms with van der Waals surface area (Å²) in [5, 5.41) is 3.91. The van der Waals surface area contributed by atoms with E-state index < -0.39 is 0 Å². The van der Waals surface area contributed by atoms with E-state index in [-0.39, 0.29) is 11.7 Å². The highest BCUT2D eigenvalue weighted by Gasteiger charge is 2.15. The third-order valence-electron chi connectivity index (χ3n) is 2.77. The number of halogens is 1. The summed E-state index contributed by atoms with van der Waals surface area (Å²) in [6.07, 6.45) is 0.870. The Balaban J connectivity index is 1.97. The maximum absolute atomic E-state index is 13.0. The monoisotopic (exact) mass is 281 g/mol. The van der Waals surface area contributed by atoms with E-state index >= 15 is 0 Å². The van der Waals surface area contributed by atoms with Crippen LogP contribution in [-0.4, -0.2) is 16.7 Å². The largest absolute Gasteiger partial charge is 0.339 e. The Morgan fingerprint density at radius 1 is 1.47 bits per heavy atom. The van der Waals surface area contributed by atoms with Gasteiger partial charge in [0.05, 0.1) is 11.7 Å². The molecular formula is C13H16FN3OS. The summed E-state index contributed by atoms with van der Waals surface area (Å²) in [4.78, 5) is 5.16. The Kier molecular flexibility index (Phi) is 4.93. The molecule has 0 bridgehead atoms. The fraction of sp³-hybridized carbons (Fsp3) is 0.385. The van der Waals surface area contributed by atoms with E-state index in [0.717, 1.165) is 11.3 Å². The van der Waals surface area contributed by atoms with Crippen LogP contribution in [0.25, 0.3) is 0 Å². The van der Waals surface area contributed by atoms with Crippen LogP contribution in [0.15, 0.2) is 33.7 Å². The van der Waals surface area contributed by atoms with E-state index in [2.05, 4.69) is 10.1 Å². The summed E-state index contributed by atoms with van der Waals surface area (Å²) in [6.45, 7) is 2.53. The molecule has 0 aliphatic rings. The van der Waals surface area contributed by atoms with Crippen molar-refractivity contribution in [2.75, 3.05) is 6.54 Å². The van der Waals surface area contributed by atoms with Crippen molar-refractivity contribution in [3.63, 3.8) is 0 Å². The van der Waals surface area contributed by atoms with Gasteiger partial charge in [-0.1, -0.05) is 18.1 Å². The van der Waals surface area contributed by atoms with Gasteiger partial charge >= 0.3 is 0 Å². The molecule has 0 fully saturated rings. The number of aromatic nitrogens is 2. The van der Waals surface area contributed by atoms with Gasteiger partial charge in [-0.2, -0.15) is 4.98 Å². The van der Waals surface area contributed by atoms with Crippen molar-refractivity contribution in [2.45, 2.75) is 29.9 Å². The highest BCUT2D eigenvalue weighted by molar-refractivity contribution is 7.98. The zero-order valence-corrected chi connectivity index (χ0v) is 11.5. The number of nitrogens with two attached hydrogens (primary N) is 1. The minimum Gasteiger partial charge on any atom is -0.339 e. The molecule has 1 aromatic heterocycles. The van der Waals surface area contributed by atoms with Crippen LogP contribution >= 0.6 is 11.8 Å². The standard InChI is InChI=1S/C13H16FN3OS/c1-2-9(7-15)13-16-12(17-18-13)8-19-11-5-3-4-10(14)6-11/h3-6,9H,2,7-8,15H2,1H3. The number of hydrogen-bond donors (Lipinski definition) is 1. The summed E-state index contributed by atoms with van der Waals surface area (Å²) in [6, 6.07) is 6.44. The quantitative estimate of drug-likeness (QED) is 0.825. The van der Waals surface area contributed by atoms with Crippen LogP contribution in [0.4, 0.5) is 4.39 Å². The van der Waals surface area contributed by atoms with Crippen LogP contribution in [0.1, 0.15) is 31.0 Å². The van der Waals surface area contributed by atoms with Gasteiger partial charge in [-0.05, 0) is 24.6 Å². The van der Waals surface area contributed by atoms with Gasteiger partial charge < -0.3 is 10.3 Å². The fourth-order valence-electron chi connectivity index (χ4n) is 1.64. The second-order valence-electron chi connectivity index (χ2n) is 4.14. The normalized spacial score (nSPS) is 12.6. The van der Waals surface area contributed by atoms with Crippen molar-refractivity contribution in [2.24, 2.45) is 5.73 Å². The molecule has 0 spiro atoms. The lowest BCUT2D eigenvalue weighted by Crippen LogP contribution is -2.11. The Morgan fingerprint density at radius 3 is 3.00 bits per heavy atom. The van der Waals surface area contributed by atoms with E-state index in [1.807, 2.05) is 13.0 Å². The number of thioether (sulfide) groups is 1. The molecule has 2 aromatic rings. The first-order chi connectivity index (χ1) is 9.22. The Hall–Kier alpha value is -1.40. The SMILES string of the molecule is CCC(CN)c1nc(CSc2cccc(F)c2)no1. The molecule has 1 unspecified atom stereocenters. The van der Waals surface area contributed by atoms with Gasteiger partial charge in [0, 0.05) is 11.4 Å². The smallest absolute Gasteiger partial charge is 0.231 e. The molecule has 19 heavy (non-hydrogen) atoms. The average molecular weight is 281 g/mol. The topological polar surface area (TPSA) is 64.9 Å². The molecule has 4 nitrogen and oxygen atoms in total. The summed E-state index contributed by atoms with van der Waals surface area (Å²) in [7, 11) is 0. The second-order valence-corrected chi connectivity index (χ2v) is 5.18. The van der Waals surface area contributed by atoms with Crippen LogP contribution in [0, 0.1) is 5.82 Å². The van der Waals surface area contributed by atoms with Crippen molar-refractivity contribution in [1.82, 2.24) is 10.1 Å². The highest BCUT2D eigenvalue weighted by atomic mass is 32.2. The molecule has 1 atom stereocenters. The molecular weight excluding hydrogens is 265 g/mol. The molecule has 2 rings (SSSR count). The first-order valence-electron chi connectivity index (χ1n) is 6.13. The number of rotatable bonds is 6. The Morgan fingerprint density at radius 2 is 2.32 bits per heavy atom. The molecule has 0 amide bonds. The van der Waals surface area contributed by atoms with Crippen LogP contribution in [0.5, 0.6) is 0 Å². The van der Waals surface area contributed by atoms with E-state index in [0.29, 0.717) is 24.0 Å². The van der Waals surface area contributed by atoms with E-state index in [4.69, 9.17) is 10.3 Å². The maximum atomic E-state index is 13.0. The minimum atomic E-state index is -0.243. The lowest BCUT2D eigenvalue weighted by atomic mass is 10.1. The zero-order chi connectivity index (χ0) is 13.7. The van der Waals surface area contributed by atoms with Crippen molar-refractivity contribution in [3.05, 3.63) is 41.8 Å². The number of benzene rings is 1. The molecule has 0 saturated carbocycles. The summed E-state index contributed by atoms with van der Waals surface area (Å²) in [5.74, 6) is 1.61. The fourth-order valence-corrected chi connectivity index (χ4v) is 2.42. The van der Waals surface area contributed by atoms with E-state index in [1.54, 1.807) is 6.07 Å². The van der Waals surface area contributed by atoms with Crippen LogP contribution < -0.4 is 5.73 Å². The van der Waals surface area contributed by atoms with Gasteiger partial charge in [0.25, 0.3) is 0 Å². The molecule has 2 N–H and O–H groups in total. The lowest BCUT2D eigenvalue weighted by Gasteiger charge is -2.04. The summed E-state index contributed by atoms with van der Waals surface area (Å²) in [5.41, 5.74) is 5.63. The minimum absolute atomic E-state index is 0.111. The van der Waals surface area contributed by atoms with Crippen molar-refractivity contribution in [1.29, 1.82) is 0 Å².